The number of nitrogens with zero attached hydrogens (tertiary/aromatic N) is 3. The van der Waals surface area contributed by atoms with Crippen LogP contribution in [0.15, 0.2) is 46.9 Å². The number of fused-ring (bicyclic) bond motifs is 1. The van der Waals surface area contributed by atoms with Crippen LogP contribution in [-0.4, -0.2) is 9.78 Å². The maximum atomic E-state index is 12.9. The summed E-state index contributed by atoms with van der Waals surface area (Å²) < 4.78 is 15.4. The molecule has 5 heteroatoms. The Morgan fingerprint density at radius 1 is 1.16 bits per heavy atom. The van der Waals surface area contributed by atoms with Crippen LogP contribution >= 0.6 is 15.9 Å². The first-order valence-electron chi connectivity index (χ1n) is 5.53. The van der Waals surface area contributed by atoms with E-state index in [1.54, 1.807) is 12.1 Å². The van der Waals surface area contributed by atoms with Crippen LogP contribution in [-0.2, 0) is 0 Å². The lowest BCUT2D eigenvalue weighted by atomic mass is 10.2. The van der Waals surface area contributed by atoms with Crippen molar-refractivity contribution in [2.75, 3.05) is 0 Å². The van der Waals surface area contributed by atoms with Crippen LogP contribution in [0.2, 0.25) is 0 Å². The van der Waals surface area contributed by atoms with Crippen LogP contribution in [0.25, 0.3) is 16.6 Å². The zero-order valence-corrected chi connectivity index (χ0v) is 11.2. The van der Waals surface area contributed by atoms with Gasteiger partial charge in [0.25, 0.3) is 0 Å². The Morgan fingerprint density at radius 2 is 1.89 bits per heavy atom. The summed E-state index contributed by atoms with van der Waals surface area (Å²) in [5, 5.41) is 14.5. The van der Waals surface area contributed by atoms with E-state index in [0.29, 0.717) is 11.4 Å². The van der Waals surface area contributed by atoms with Crippen molar-refractivity contribution in [2.24, 2.45) is 0 Å². The van der Waals surface area contributed by atoms with Crippen LogP contribution in [0.5, 0.6) is 0 Å². The molecule has 0 atom stereocenters. The van der Waals surface area contributed by atoms with Crippen molar-refractivity contribution in [3.8, 4) is 11.8 Å². The maximum absolute atomic E-state index is 12.9. The molecule has 3 aromatic rings. The molecule has 0 unspecified atom stereocenters. The molecule has 0 bridgehead atoms. The van der Waals surface area contributed by atoms with E-state index in [2.05, 4.69) is 27.1 Å². The van der Waals surface area contributed by atoms with Gasteiger partial charge in [-0.05, 0) is 42.5 Å². The van der Waals surface area contributed by atoms with E-state index < -0.39 is 0 Å². The molecule has 2 aromatic carbocycles. The minimum Gasteiger partial charge on any atom is -0.222 e. The van der Waals surface area contributed by atoms with E-state index in [-0.39, 0.29) is 5.82 Å². The molecular weight excluding hydrogens is 309 g/mol. The summed E-state index contributed by atoms with van der Waals surface area (Å²) in [4.78, 5) is 0. The molecule has 0 saturated carbocycles. The lowest BCUT2D eigenvalue weighted by Crippen LogP contribution is -1.99. The summed E-state index contributed by atoms with van der Waals surface area (Å²) in [5.74, 6) is -0.318. The van der Waals surface area contributed by atoms with E-state index in [1.807, 2.05) is 18.2 Å². The zero-order valence-electron chi connectivity index (χ0n) is 9.64. The Kier molecular flexibility index (Phi) is 2.80. The molecule has 0 aliphatic carbocycles. The number of benzene rings is 2. The maximum Gasteiger partial charge on any atom is 0.152 e. The van der Waals surface area contributed by atoms with E-state index in [9.17, 15) is 9.65 Å². The van der Waals surface area contributed by atoms with Crippen molar-refractivity contribution in [2.45, 2.75) is 0 Å². The number of hydrogen-bond donors (Lipinski definition) is 0. The largest absolute Gasteiger partial charge is 0.222 e. The Hall–Kier alpha value is -2.19. The third kappa shape index (κ3) is 2.00. The van der Waals surface area contributed by atoms with Crippen LogP contribution < -0.4 is 0 Å². The third-order valence-electron chi connectivity index (χ3n) is 2.81. The average Bonchev–Trinajstić information content (AvgIpc) is 2.77. The van der Waals surface area contributed by atoms with Gasteiger partial charge in [0.05, 0.1) is 11.2 Å². The number of aromatic nitrogens is 2. The van der Waals surface area contributed by atoms with Gasteiger partial charge < -0.3 is 0 Å². The van der Waals surface area contributed by atoms with Crippen molar-refractivity contribution < 1.29 is 4.39 Å². The van der Waals surface area contributed by atoms with Crippen LogP contribution in [0.1, 0.15) is 5.69 Å². The molecule has 0 radical (unpaired) electrons. The lowest BCUT2D eigenvalue weighted by Gasteiger charge is -2.01. The van der Waals surface area contributed by atoms with E-state index in [1.165, 1.54) is 16.8 Å². The molecular formula is C14H7BrFN3. The van der Waals surface area contributed by atoms with Gasteiger partial charge in [-0.1, -0.05) is 15.9 Å². The molecule has 1 heterocycles. The van der Waals surface area contributed by atoms with Crippen LogP contribution in [0.3, 0.4) is 0 Å². The van der Waals surface area contributed by atoms with E-state index >= 15 is 0 Å². The minimum atomic E-state index is -0.318. The second kappa shape index (κ2) is 4.48. The first-order chi connectivity index (χ1) is 9.19. The zero-order chi connectivity index (χ0) is 13.4. The second-order valence-corrected chi connectivity index (χ2v) is 4.93. The van der Waals surface area contributed by atoms with Gasteiger partial charge in [-0.15, -0.1) is 0 Å². The highest BCUT2D eigenvalue weighted by molar-refractivity contribution is 9.10. The lowest BCUT2D eigenvalue weighted by molar-refractivity contribution is 0.627. The highest BCUT2D eigenvalue weighted by Gasteiger charge is 2.12. The third-order valence-corrected chi connectivity index (χ3v) is 3.30. The van der Waals surface area contributed by atoms with Crippen molar-refractivity contribution in [3.63, 3.8) is 0 Å². The molecule has 0 spiro atoms. The second-order valence-electron chi connectivity index (χ2n) is 4.01. The van der Waals surface area contributed by atoms with Crippen LogP contribution in [0.4, 0.5) is 4.39 Å². The molecule has 0 aliphatic heterocycles. The summed E-state index contributed by atoms with van der Waals surface area (Å²) in [5.41, 5.74) is 1.81. The van der Waals surface area contributed by atoms with Crippen molar-refractivity contribution in [1.82, 2.24) is 9.78 Å². The van der Waals surface area contributed by atoms with Crippen molar-refractivity contribution in [3.05, 3.63) is 58.4 Å². The molecule has 92 valence electrons. The smallest absolute Gasteiger partial charge is 0.152 e. The van der Waals surface area contributed by atoms with Crippen molar-refractivity contribution in [1.29, 1.82) is 5.26 Å². The summed E-state index contributed by atoms with van der Waals surface area (Å²) in [6.07, 6.45) is 0. The van der Waals surface area contributed by atoms with E-state index in [4.69, 9.17) is 0 Å². The normalized spacial score (nSPS) is 10.6. The van der Waals surface area contributed by atoms with Gasteiger partial charge in [-0.2, -0.15) is 10.4 Å². The molecule has 1 aromatic heterocycles. The summed E-state index contributed by atoms with van der Waals surface area (Å²) in [6.45, 7) is 0. The molecule has 0 saturated heterocycles. The molecule has 3 nitrogen and oxygen atoms in total. The number of rotatable bonds is 1. The van der Waals surface area contributed by atoms with Crippen LogP contribution in [0, 0.1) is 17.1 Å². The van der Waals surface area contributed by atoms with E-state index in [0.717, 1.165) is 15.4 Å². The predicted octanol–water partition coefficient (Wildman–Crippen LogP) is 3.80. The van der Waals surface area contributed by atoms with Gasteiger partial charge in [0.1, 0.15) is 11.9 Å². The summed E-state index contributed by atoms with van der Waals surface area (Å²) in [6, 6.07) is 13.6. The fourth-order valence-corrected chi connectivity index (χ4v) is 2.29. The molecule has 0 amide bonds. The quantitative estimate of drug-likeness (QED) is 0.685. The average molecular weight is 316 g/mol. The fraction of sp³-hybridized carbons (Fsp3) is 0. The molecule has 0 fully saturated rings. The standard InChI is InChI=1S/C14H7BrFN3/c15-9-1-6-12-13(7-9)18-19(14(12)8-17)11-4-2-10(16)3-5-11/h1-7H. The van der Waals surface area contributed by atoms with Gasteiger partial charge in [0.2, 0.25) is 0 Å². The topological polar surface area (TPSA) is 41.6 Å². The number of halogens is 2. The highest BCUT2D eigenvalue weighted by Crippen LogP contribution is 2.24. The Morgan fingerprint density at radius 3 is 2.58 bits per heavy atom. The highest BCUT2D eigenvalue weighted by atomic mass is 79.9. The van der Waals surface area contributed by atoms with Gasteiger partial charge in [-0.25, -0.2) is 9.07 Å². The molecule has 3 rings (SSSR count). The molecule has 19 heavy (non-hydrogen) atoms. The number of nitriles is 1. The van der Waals surface area contributed by atoms with Gasteiger partial charge in [-0.3, -0.25) is 0 Å². The van der Waals surface area contributed by atoms with Gasteiger partial charge in [0.15, 0.2) is 5.69 Å². The molecule has 0 N–H and O–H groups in total. The van der Waals surface area contributed by atoms with Gasteiger partial charge in [0, 0.05) is 9.86 Å². The van der Waals surface area contributed by atoms with Crippen molar-refractivity contribution >= 4 is 26.8 Å². The first-order valence-corrected chi connectivity index (χ1v) is 6.32. The monoisotopic (exact) mass is 315 g/mol. The Bertz CT molecular complexity index is 800. The number of hydrogen-bond acceptors (Lipinski definition) is 2. The summed E-state index contributed by atoms with van der Waals surface area (Å²) >= 11 is 3.37. The first kappa shape index (κ1) is 11.9. The van der Waals surface area contributed by atoms with Gasteiger partial charge >= 0.3 is 0 Å². The Labute approximate surface area is 117 Å². The summed E-state index contributed by atoms with van der Waals surface area (Å²) in [7, 11) is 0. The SMILES string of the molecule is N#Cc1c2ccc(Br)cc2nn1-c1ccc(F)cc1. The minimum absolute atomic E-state index is 0.318. The molecule has 0 aliphatic rings. The fourth-order valence-electron chi connectivity index (χ4n) is 1.94. The predicted molar refractivity (Wildman–Crippen MR) is 73.4 cm³/mol. The Balaban J connectivity index is 2.29.